The topological polar surface area (TPSA) is 66.6 Å². The van der Waals surface area contributed by atoms with Gasteiger partial charge in [0, 0.05) is 17.4 Å². The van der Waals surface area contributed by atoms with Crippen LogP contribution in [0, 0.1) is 0 Å². The molecule has 0 bridgehead atoms. The van der Waals surface area contributed by atoms with Gasteiger partial charge < -0.3 is 15.7 Å². The summed E-state index contributed by atoms with van der Waals surface area (Å²) in [6.07, 6.45) is -2.89. The minimum atomic E-state index is -4.30. The second kappa shape index (κ2) is 4.64. The molecular formula is C12H13F3N2O2. The Morgan fingerprint density at radius 3 is 2.47 bits per heavy atom. The highest BCUT2D eigenvalue weighted by atomic mass is 19.4. The third kappa shape index (κ3) is 3.30. The maximum Gasteiger partial charge on any atom is 0.405 e. The second-order valence-corrected chi connectivity index (χ2v) is 4.55. The monoisotopic (exact) mass is 274 g/mol. The summed E-state index contributed by atoms with van der Waals surface area (Å²) in [5, 5.41) is 8.83. The molecule has 3 N–H and O–H groups in total. The normalized spacial score (nSPS) is 15.3. The van der Waals surface area contributed by atoms with Crippen LogP contribution < -0.4 is 10.6 Å². The number of nitrogens with zero attached hydrogens (tertiary/aromatic N) is 1. The first kappa shape index (κ1) is 13.5. The summed E-state index contributed by atoms with van der Waals surface area (Å²) in [7, 11) is 0. The highest BCUT2D eigenvalue weighted by Crippen LogP contribution is 2.35. The summed E-state index contributed by atoms with van der Waals surface area (Å²) >= 11 is 0. The maximum absolute atomic E-state index is 12.5. The first-order valence-corrected chi connectivity index (χ1v) is 5.74. The average Bonchev–Trinajstić information content (AvgIpc) is 3.07. The first-order chi connectivity index (χ1) is 8.78. The first-order valence-electron chi connectivity index (χ1n) is 5.74. The molecule has 1 aromatic carbocycles. The molecule has 0 saturated heterocycles. The number of hydrogen-bond acceptors (Lipinski definition) is 3. The molecule has 0 aliphatic heterocycles. The van der Waals surface area contributed by atoms with E-state index in [9.17, 15) is 18.0 Å². The lowest BCUT2D eigenvalue weighted by Gasteiger charge is -2.26. The predicted octanol–water partition coefficient (Wildman–Crippen LogP) is 2.50. The van der Waals surface area contributed by atoms with Gasteiger partial charge in [-0.1, -0.05) is 0 Å². The molecule has 0 heterocycles. The number of carbonyl (C=O) groups is 1. The van der Waals surface area contributed by atoms with Crippen molar-refractivity contribution in [2.45, 2.75) is 25.1 Å². The molecular weight excluding hydrogens is 261 g/mol. The van der Waals surface area contributed by atoms with Gasteiger partial charge in [-0.25, -0.2) is 4.79 Å². The minimum absolute atomic E-state index is 0.0298. The zero-order chi connectivity index (χ0) is 14.2. The lowest BCUT2D eigenvalue weighted by Crippen LogP contribution is -2.36. The Balaban J connectivity index is 2.27. The van der Waals surface area contributed by atoms with Gasteiger partial charge in [0.15, 0.2) is 0 Å². The number of alkyl halides is 3. The number of hydrogen-bond donors (Lipinski definition) is 2. The van der Waals surface area contributed by atoms with E-state index in [-0.39, 0.29) is 17.3 Å². The van der Waals surface area contributed by atoms with Crippen molar-refractivity contribution in [3.05, 3.63) is 23.8 Å². The van der Waals surface area contributed by atoms with E-state index in [1.165, 1.54) is 23.1 Å². The minimum Gasteiger partial charge on any atom is -0.478 e. The number of carboxylic acid groups (broad SMARTS) is 1. The van der Waals surface area contributed by atoms with Crippen LogP contribution in [0.15, 0.2) is 18.2 Å². The molecule has 0 amide bonds. The zero-order valence-corrected chi connectivity index (χ0v) is 9.94. The van der Waals surface area contributed by atoms with Crippen molar-refractivity contribution in [1.82, 2.24) is 0 Å². The van der Waals surface area contributed by atoms with E-state index in [2.05, 4.69) is 0 Å². The third-order valence-corrected chi connectivity index (χ3v) is 2.93. The molecule has 7 heteroatoms. The van der Waals surface area contributed by atoms with Gasteiger partial charge in [0.1, 0.15) is 6.54 Å². The van der Waals surface area contributed by atoms with E-state index >= 15 is 0 Å². The number of nitrogen functional groups attached to an aromatic ring is 1. The van der Waals surface area contributed by atoms with Crippen molar-refractivity contribution < 1.29 is 23.1 Å². The van der Waals surface area contributed by atoms with Gasteiger partial charge in [0.2, 0.25) is 0 Å². The number of benzene rings is 1. The molecule has 0 radical (unpaired) electrons. The third-order valence-electron chi connectivity index (χ3n) is 2.93. The summed E-state index contributed by atoms with van der Waals surface area (Å²) in [6, 6.07) is 3.74. The van der Waals surface area contributed by atoms with Gasteiger partial charge in [-0.05, 0) is 31.0 Å². The van der Waals surface area contributed by atoms with Gasteiger partial charge in [-0.15, -0.1) is 0 Å². The predicted molar refractivity (Wildman–Crippen MR) is 64.2 cm³/mol. The molecule has 0 atom stereocenters. The summed E-state index contributed by atoms with van der Waals surface area (Å²) < 4.78 is 37.6. The van der Waals surface area contributed by atoms with Crippen LogP contribution in [-0.4, -0.2) is 29.8 Å². The number of rotatable bonds is 4. The summed E-state index contributed by atoms with van der Waals surface area (Å²) in [6.45, 7) is -1.05. The van der Waals surface area contributed by atoms with Crippen molar-refractivity contribution in [3.63, 3.8) is 0 Å². The van der Waals surface area contributed by atoms with Crippen LogP contribution >= 0.6 is 0 Å². The van der Waals surface area contributed by atoms with Crippen LogP contribution in [-0.2, 0) is 0 Å². The van der Waals surface area contributed by atoms with E-state index in [1.54, 1.807) is 0 Å². The Bertz CT molecular complexity index is 498. The fourth-order valence-corrected chi connectivity index (χ4v) is 1.93. The van der Waals surface area contributed by atoms with Crippen LogP contribution in [0.3, 0.4) is 0 Å². The molecule has 0 aromatic heterocycles. The summed E-state index contributed by atoms with van der Waals surface area (Å²) in [4.78, 5) is 12.0. The Morgan fingerprint density at radius 1 is 1.42 bits per heavy atom. The quantitative estimate of drug-likeness (QED) is 0.828. The van der Waals surface area contributed by atoms with Crippen molar-refractivity contribution in [1.29, 1.82) is 0 Å². The van der Waals surface area contributed by atoms with Crippen molar-refractivity contribution in [2.24, 2.45) is 0 Å². The molecule has 1 aliphatic rings. The fraction of sp³-hybridized carbons (Fsp3) is 0.417. The lowest BCUT2D eigenvalue weighted by atomic mass is 10.1. The number of halogens is 3. The lowest BCUT2D eigenvalue weighted by molar-refractivity contribution is -0.120. The van der Waals surface area contributed by atoms with Gasteiger partial charge in [0.25, 0.3) is 0 Å². The van der Waals surface area contributed by atoms with Crippen molar-refractivity contribution >= 4 is 17.3 Å². The largest absolute Gasteiger partial charge is 0.478 e. The van der Waals surface area contributed by atoms with E-state index in [0.717, 1.165) is 0 Å². The van der Waals surface area contributed by atoms with Crippen LogP contribution in [0.4, 0.5) is 24.5 Å². The Labute approximate surface area is 107 Å². The van der Waals surface area contributed by atoms with Crippen molar-refractivity contribution in [3.8, 4) is 0 Å². The highest BCUT2D eigenvalue weighted by molar-refractivity contribution is 5.94. The highest BCUT2D eigenvalue weighted by Gasteiger charge is 2.38. The second-order valence-electron chi connectivity index (χ2n) is 4.55. The van der Waals surface area contributed by atoms with Crippen LogP contribution in [0.5, 0.6) is 0 Å². The van der Waals surface area contributed by atoms with E-state index in [0.29, 0.717) is 18.5 Å². The molecule has 1 fully saturated rings. The number of carboxylic acids is 1. The van der Waals surface area contributed by atoms with Gasteiger partial charge in [-0.2, -0.15) is 13.2 Å². The van der Waals surface area contributed by atoms with E-state index in [4.69, 9.17) is 10.8 Å². The van der Waals surface area contributed by atoms with Crippen LogP contribution in [0.25, 0.3) is 0 Å². The van der Waals surface area contributed by atoms with Crippen LogP contribution in [0.2, 0.25) is 0 Å². The number of anilines is 2. The SMILES string of the molecule is Nc1cc(N(CC(F)(F)F)C2CC2)ccc1C(=O)O. The number of nitrogens with two attached hydrogens (primary N) is 1. The van der Waals surface area contributed by atoms with E-state index < -0.39 is 18.7 Å². The zero-order valence-electron chi connectivity index (χ0n) is 9.94. The van der Waals surface area contributed by atoms with E-state index in [1.807, 2.05) is 0 Å². The Morgan fingerprint density at radius 2 is 2.05 bits per heavy atom. The molecule has 19 heavy (non-hydrogen) atoms. The fourth-order valence-electron chi connectivity index (χ4n) is 1.93. The van der Waals surface area contributed by atoms with Gasteiger partial charge in [-0.3, -0.25) is 0 Å². The van der Waals surface area contributed by atoms with Crippen molar-refractivity contribution in [2.75, 3.05) is 17.2 Å². The average molecular weight is 274 g/mol. The maximum atomic E-state index is 12.5. The molecule has 1 saturated carbocycles. The summed E-state index contributed by atoms with van der Waals surface area (Å²) in [5.74, 6) is -1.20. The summed E-state index contributed by atoms with van der Waals surface area (Å²) in [5.41, 5.74) is 5.73. The van der Waals surface area contributed by atoms with Gasteiger partial charge >= 0.3 is 12.1 Å². The molecule has 0 unspecified atom stereocenters. The molecule has 104 valence electrons. The standard InChI is InChI=1S/C12H13F3N2O2/c13-12(14,15)6-17(7-1-2-7)8-3-4-9(11(18)19)10(16)5-8/h3-5,7H,1-2,6,16H2,(H,18,19). The Kier molecular flexibility index (Phi) is 3.30. The molecule has 2 rings (SSSR count). The molecule has 1 aromatic rings. The van der Waals surface area contributed by atoms with Gasteiger partial charge in [0.05, 0.1) is 5.56 Å². The molecule has 0 spiro atoms. The number of aromatic carboxylic acids is 1. The Hall–Kier alpha value is -1.92. The smallest absolute Gasteiger partial charge is 0.405 e. The molecule has 4 nitrogen and oxygen atoms in total. The van der Waals surface area contributed by atoms with Crippen LogP contribution in [0.1, 0.15) is 23.2 Å². The molecule has 1 aliphatic carbocycles.